The van der Waals surface area contributed by atoms with Crippen LogP contribution in [0, 0.1) is 6.10 Å². The van der Waals surface area contributed by atoms with Gasteiger partial charge in [-0.1, -0.05) is 0 Å². The number of carbonyl (C=O) groups excluding carboxylic acids is 1. The fraction of sp³-hybridized carbons (Fsp3) is 0.750. The van der Waals surface area contributed by atoms with Crippen LogP contribution in [0.3, 0.4) is 0 Å². The SMILES string of the molecule is CC(=O)[C]1O[C@H](COCl)[C@H](OCl)[C@H](OCl)[C@H]1OCl. The lowest BCUT2D eigenvalue weighted by Gasteiger charge is -2.40. The Morgan fingerprint density at radius 1 is 1.17 bits per heavy atom. The summed E-state index contributed by atoms with van der Waals surface area (Å²) >= 11 is 21.1. The van der Waals surface area contributed by atoms with Crippen molar-refractivity contribution in [1.82, 2.24) is 0 Å². The number of hydrogen-bond acceptors (Lipinski definition) is 6. The molecule has 1 radical (unpaired) electrons. The lowest BCUT2D eigenvalue weighted by atomic mass is 9.93. The second-order valence-corrected chi connectivity index (χ2v) is 4.22. The molecule has 4 atom stereocenters. The van der Waals surface area contributed by atoms with Crippen LogP contribution in [0.25, 0.3) is 0 Å². The van der Waals surface area contributed by atoms with Gasteiger partial charge >= 0.3 is 0 Å². The van der Waals surface area contributed by atoms with Crippen LogP contribution in [0.5, 0.6) is 0 Å². The average Bonchev–Trinajstić information content (AvgIpc) is 2.37. The molecule has 0 aromatic rings. The van der Waals surface area contributed by atoms with Crippen molar-refractivity contribution in [1.29, 1.82) is 0 Å². The Morgan fingerprint density at radius 3 is 2.17 bits per heavy atom. The predicted octanol–water partition coefficient (Wildman–Crippen LogP) is 2.29. The fourth-order valence-electron chi connectivity index (χ4n) is 1.60. The molecular formula is C8H9Cl4O6. The molecule has 1 rings (SSSR count). The number of hydrogen-bond donors (Lipinski definition) is 0. The van der Waals surface area contributed by atoms with Crippen LogP contribution in [0.2, 0.25) is 0 Å². The van der Waals surface area contributed by atoms with E-state index in [0.717, 1.165) is 0 Å². The van der Waals surface area contributed by atoms with E-state index in [9.17, 15) is 4.79 Å². The molecule has 0 amide bonds. The number of rotatable bonds is 6. The molecule has 18 heavy (non-hydrogen) atoms. The number of ether oxygens (including phenoxy) is 1. The second-order valence-electron chi connectivity index (χ2n) is 3.47. The maximum Gasteiger partial charge on any atom is 0.195 e. The zero-order valence-electron chi connectivity index (χ0n) is 8.98. The highest BCUT2D eigenvalue weighted by molar-refractivity contribution is 6.09. The number of carbonyl (C=O) groups is 1. The van der Waals surface area contributed by atoms with E-state index in [0.29, 0.717) is 0 Å². The van der Waals surface area contributed by atoms with E-state index in [1.54, 1.807) is 0 Å². The Kier molecular flexibility index (Phi) is 7.45. The van der Waals surface area contributed by atoms with Gasteiger partial charge in [-0.2, -0.15) is 0 Å². The minimum atomic E-state index is -1.06. The summed E-state index contributed by atoms with van der Waals surface area (Å²) in [6, 6.07) is 0. The van der Waals surface area contributed by atoms with Crippen molar-refractivity contribution in [3.63, 3.8) is 0 Å². The van der Waals surface area contributed by atoms with Crippen LogP contribution >= 0.6 is 47.5 Å². The highest BCUT2D eigenvalue weighted by Gasteiger charge is 2.51. The summed E-state index contributed by atoms with van der Waals surface area (Å²) in [4.78, 5) is 11.4. The van der Waals surface area contributed by atoms with E-state index in [4.69, 9.17) is 52.2 Å². The number of ketones is 1. The predicted molar refractivity (Wildman–Crippen MR) is 62.8 cm³/mol. The fourth-order valence-corrected chi connectivity index (χ4v) is 2.32. The second kappa shape index (κ2) is 8.04. The van der Waals surface area contributed by atoms with E-state index in [-0.39, 0.29) is 12.7 Å². The summed E-state index contributed by atoms with van der Waals surface area (Å²) in [6.07, 6.45) is -3.80. The van der Waals surface area contributed by atoms with Gasteiger partial charge in [0.1, 0.15) is 24.4 Å². The highest BCUT2D eigenvalue weighted by Crippen LogP contribution is 2.34. The van der Waals surface area contributed by atoms with E-state index in [1.165, 1.54) is 6.92 Å². The smallest absolute Gasteiger partial charge is 0.195 e. The zero-order valence-corrected chi connectivity index (χ0v) is 12.0. The van der Waals surface area contributed by atoms with Crippen molar-refractivity contribution >= 4 is 53.2 Å². The third-order valence-corrected chi connectivity index (χ3v) is 3.13. The van der Waals surface area contributed by atoms with Crippen molar-refractivity contribution in [2.45, 2.75) is 31.3 Å². The van der Waals surface area contributed by atoms with Crippen LogP contribution < -0.4 is 0 Å². The summed E-state index contributed by atoms with van der Waals surface area (Å²) < 4.78 is 23.6. The van der Waals surface area contributed by atoms with E-state index in [2.05, 4.69) is 17.2 Å². The highest BCUT2D eigenvalue weighted by atomic mass is 35.5. The standard InChI is InChI=1S/C8H9Cl4O6/c1-3(13)5-7(17-11)8(18-12)6(16-10)4(15-5)2-14-9/h4,6-8H,2H2,1H3/t4-,6+,7+,8+/m1/s1. The monoisotopic (exact) mass is 341 g/mol. The summed E-state index contributed by atoms with van der Waals surface area (Å²) in [5.74, 6) is -0.410. The van der Waals surface area contributed by atoms with Crippen LogP contribution in [0.4, 0.5) is 0 Å². The first-order valence-corrected chi connectivity index (χ1v) is 5.94. The van der Waals surface area contributed by atoms with Crippen LogP contribution in [0.1, 0.15) is 6.92 Å². The molecule has 1 fully saturated rings. The van der Waals surface area contributed by atoms with Gasteiger partial charge in [-0.25, -0.2) is 0 Å². The third kappa shape index (κ3) is 3.59. The Balaban J connectivity index is 2.95. The Bertz CT molecular complexity index is 280. The lowest BCUT2D eigenvalue weighted by Crippen LogP contribution is -2.57. The molecule has 0 N–H and O–H groups in total. The molecule has 0 spiro atoms. The van der Waals surface area contributed by atoms with Crippen molar-refractivity contribution in [3.05, 3.63) is 6.10 Å². The average molecular weight is 343 g/mol. The molecule has 6 nitrogen and oxygen atoms in total. The van der Waals surface area contributed by atoms with Crippen LogP contribution in [0.15, 0.2) is 0 Å². The molecule has 0 aromatic heterocycles. The number of Topliss-reactive ketones (excluding diaryl/α,β-unsaturated/α-hetero) is 1. The van der Waals surface area contributed by atoms with Gasteiger partial charge in [-0.3, -0.25) is 22.0 Å². The molecular weight excluding hydrogens is 334 g/mol. The van der Waals surface area contributed by atoms with Crippen LogP contribution in [-0.2, 0) is 26.7 Å². The summed E-state index contributed by atoms with van der Waals surface area (Å²) in [5, 5.41) is 0. The maximum absolute atomic E-state index is 11.4. The molecule has 1 saturated heterocycles. The van der Waals surface area contributed by atoms with Gasteiger partial charge in [-0.05, 0) is 6.92 Å². The summed E-state index contributed by atoms with van der Waals surface area (Å²) in [7, 11) is 0. The largest absolute Gasteiger partial charge is 0.352 e. The van der Waals surface area contributed by atoms with Crippen molar-refractivity contribution < 1.29 is 26.7 Å². The van der Waals surface area contributed by atoms with Crippen molar-refractivity contribution in [2.75, 3.05) is 6.61 Å². The Labute approximate surface area is 124 Å². The molecule has 1 aliphatic rings. The molecule has 0 unspecified atom stereocenters. The minimum Gasteiger partial charge on any atom is -0.352 e. The normalized spacial score (nSPS) is 33.6. The van der Waals surface area contributed by atoms with E-state index < -0.39 is 30.2 Å². The Hall–Kier alpha value is 0.630. The molecule has 105 valence electrons. The van der Waals surface area contributed by atoms with Crippen molar-refractivity contribution in [2.24, 2.45) is 0 Å². The van der Waals surface area contributed by atoms with Gasteiger partial charge in [0.25, 0.3) is 0 Å². The van der Waals surface area contributed by atoms with E-state index in [1.807, 2.05) is 0 Å². The maximum atomic E-state index is 11.4. The Morgan fingerprint density at radius 2 is 1.78 bits per heavy atom. The van der Waals surface area contributed by atoms with Gasteiger partial charge in [0.15, 0.2) is 11.9 Å². The molecule has 0 saturated carbocycles. The van der Waals surface area contributed by atoms with Gasteiger partial charge in [0.2, 0.25) is 0 Å². The van der Waals surface area contributed by atoms with Gasteiger partial charge < -0.3 is 4.74 Å². The number of halogens is 4. The van der Waals surface area contributed by atoms with Gasteiger partial charge in [-0.15, -0.1) is 0 Å². The molecule has 0 aromatic carbocycles. The zero-order chi connectivity index (χ0) is 13.7. The molecule has 0 aliphatic carbocycles. The quantitative estimate of drug-likeness (QED) is 0.738. The first kappa shape index (κ1) is 16.7. The minimum absolute atomic E-state index is 0.0840. The lowest BCUT2D eigenvalue weighted by molar-refractivity contribution is -0.170. The van der Waals surface area contributed by atoms with Gasteiger partial charge in [0.05, 0.1) is 54.1 Å². The first-order chi connectivity index (χ1) is 8.60. The van der Waals surface area contributed by atoms with Crippen molar-refractivity contribution in [3.8, 4) is 0 Å². The molecule has 0 bridgehead atoms. The molecule has 10 heteroatoms. The first-order valence-electron chi connectivity index (χ1n) is 4.70. The molecule has 1 heterocycles. The topological polar surface area (TPSA) is 63.2 Å². The van der Waals surface area contributed by atoms with Gasteiger partial charge in [0, 0.05) is 0 Å². The third-order valence-electron chi connectivity index (χ3n) is 2.40. The molecule has 1 aliphatic heterocycles. The summed E-state index contributed by atoms with van der Waals surface area (Å²) in [5.41, 5.74) is 0. The summed E-state index contributed by atoms with van der Waals surface area (Å²) in [6.45, 7) is 1.16. The van der Waals surface area contributed by atoms with E-state index >= 15 is 0 Å². The van der Waals surface area contributed by atoms with Crippen LogP contribution in [-0.4, -0.2) is 36.8 Å².